The Morgan fingerprint density at radius 1 is 0.892 bits per heavy atom. The van der Waals surface area contributed by atoms with Crippen LogP contribution in [0, 0.1) is 0 Å². The number of likely N-dealkylation sites (N-methyl/N-ethyl adjacent to an activating group) is 1. The highest BCUT2D eigenvalue weighted by atomic mass is 16.2. The van der Waals surface area contributed by atoms with Gasteiger partial charge in [0.05, 0.1) is 11.6 Å². The number of benzene rings is 2. The number of piperazine rings is 1. The molecule has 198 valence electrons. The molecule has 2 saturated heterocycles. The highest BCUT2D eigenvalue weighted by molar-refractivity contribution is 6.04. The molecule has 1 saturated carbocycles. The van der Waals surface area contributed by atoms with E-state index in [0.29, 0.717) is 11.6 Å². The Morgan fingerprint density at radius 3 is 2.16 bits per heavy atom. The number of carbonyl (C=O) groups is 2. The molecule has 2 heterocycles. The predicted molar refractivity (Wildman–Crippen MR) is 149 cm³/mol. The lowest BCUT2D eigenvalue weighted by Gasteiger charge is -2.44. The molecule has 0 unspecified atom stereocenters. The highest BCUT2D eigenvalue weighted by Gasteiger charge is 2.43. The Morgan fingerprint density at radius 2 is 1.57 bits per heavy atom. The molecular weight excluding hydrogens is 462 g/mol. The number of hydrogen-bond acceptors (Lipinski definition) is 5. The molecule has 2 aromatic carbocycles. The average molecular weight is 504 g/mol. The van der Waals surface area contributed by atoms with Crippen LogP contribution in [0.15, 0.2) is 48.5 Å². The van der Waals surface area contributed by atoms with Gasteiger partial charge in [0, 0.05) is 49.2 Å². The number of rotatable bonds is 7. The van der Waals surface area contributed by atoms with Crippen LogP contribution in [0.2, 0.25) is 0 Å². The molecule has 3 fully saturated rings. The van der Waals surface area contributed by atoms with E-state index in [9.17, 15) is 9.59 Å². The maximum atomic E-state index is 13.2. The third-order valence-corrected chi connectivity index (χ3v) is 8.52. The van der Waals surface area contributed by atoms with Gasteiger partial charge in [0.25, 0.3) is 5.91 Å². The molecule has 7 nitrogen and oxygen atoms in total. The second-order valence-electron chi connectivity index (χ2n) is 11.3. The van der Waals surface area contributed by atoms with Crippen molar-refractivity contribution < 1.29 is 9.59 Å². The van der Waals surface area contributed by atoms with Gasteiger partial charge in [-0.2, -0.15) is 0 Å². The van der Waals surface area contributed by atoms with E-state index in [4.69, 9.17) is 0 Å². The van der Waals surface area contributed by atoms with Crippen molar-refractivity contribution in [2.45, 2.75) is 63.6 Å². The van der Waals surface area contributed by atoms with E-state index in [1.807, 2.05) is 36.4 Å². The number of nitrogens with zero attached hydrogens (tertiary/aromatic N) is 3. The molecule has 2 aliphatic heterocycles. The summed E-state index contributed by atoms with van der Waals surface area (Å²) in [6, 6.07) is 16.2. The molecule has 2 amide bonds. The van der Waals surface area contributed by atoms with Crippen molar-refractivity contribution in [3.63, 3.8) is 0 Å². The Labute approximate surface area is 221 Å². The summed E-state index contributed by atoms with van der Waals surface area (Å²) in [5.41, 5.74) is 3.41. The lowest BCUT2D eigenvalue weighted by molar-refractivity contribution is -0.129. The van der Waals surface area contributed by atoms with E-state index in [1.54, 1.807) is 0 Å². The molecule has 7 heteroatoms. The van der Waals surface area contributed by atoms with Crippen LogP contribution in [0.3, 0.4) is 0 Å². The number of anilines is 2. The SMILES string of the molecule is CC(C)N1CCC[C@H]1C(=O)NC1(c2ccc(NC(=O)c3ccc(N4CCN(C)CC4)cc3)cc2)CCC1. The van der Waals surface area contributed by atoms with Gasteiger partial charge in [-0.15, -0.1) is 0 Å². The van der Waals surface area contributed by atoms with Gasteiger partial charge in [0.1, 0.15) is 0 Å². The number of amides is 2. The molecule has 0 radical (unpaired) electrons. The van der Waals surface area contributed by atoms with Crippen molar-refractivity contribution in [1.29, 1.82) is 0 Å². The van der Waals surface area contributed by atoms with E-state index in [0.717, 1.165) is 81.8 Å². The quantitative estimate of drug-likeness (QED) is 0.597. The molecule has 1 aliphatic carbocycles. The lowest BCUT2D eigenvalue weighted by Crippen LogP contribution is -2.56. The number of likely N-dealkylation sites (tertiary alicyclic amines) is 1. The van der Waals surface area contributed by atoms with Crippen LogP contribution in [-0.2, 0) is 10.3 Å². The van der Waals surface area contributed by atoms with Crippen LogP contribution >= 0.6 is 0 Å². The molecule has 0 spiro atoms. The largest absolute Gasteiger partial charge is 0.369 e. The van der Waals surface area contributed by atoms with Crippen molar-refractivity contribution in [2.75, 3.05) is 50.0 Å². The molecule has 0 aromatic heterocycles. The first-order chi connectivity index (χ1) is 17.8. The Kier molecular flexibility index (Phi) is 7.54. The minimum atomic E-state index is -0.288. The average Bonchev–Trinajstić information content (AvgIpc) is 3.38. The summed E-state index contributed by atoms with van der Waals surface area (Å²) in [4.78, 5) is 33.1. The number of nitrogens with one attached hydrogen (secondary N) is 2. The van der Waals surface area contributed by atoms with Crippen molar-refractivity contribution >= 4 is 23.2 Å². The fourth-order valence-electron chi connectivity index (χ4n) is 5.99. The fraction of sp³-hybridized carbons (Fsp3) is 0.533. The molecule has 3 aliphatic rings. The maximum absolute atomic E-state index is 13.2. The summed E-state index contributed by atoms with van der Waals surface area (Å²) in [5.74, 6) is 0.0441. The van der Waals surface area contributed by atoms with E-state index in [2.05, 4.69) is 58.4 Å². The normalized spacial score (nSPS) is 22.1. The Bertz CT molecular complexity index is 1090. The third-order valence-electron chi connectivity index (χ3n) is 8.52. The molecule has 2 N–H and O–H groups in total. The van der Waals surface area contributed by atoms with Gasteiger partial charge in [-0.1, -0.05) is 12.1 Å². The van der Waals surface area contributed by atoms with Crippen LogP contribution in [-0.4, -0.2) is 73.5 Å². The standard InChI is InChI=1S/C30H41N5O2/c1-22(2)35-17-4-6-27(35)29(37)32-30(15-5-16-30)24-9-11-25(12-10-24)31-28(36)23-7-13-26(14-8-23)34-20-18-33(3)19-21-34/h7-14,22,27H,4-6,15-21H2,1-3H3,(H,31,36)(H,32,37)/t27-/m0/s1. The zero-order valence-corrected chi connectivity index (χ0v) is 22.5. The zero-order chi connectivity index (χ0) is 26.0. The summed E-state index contributed by atoms with van der Waals surface area (Å²) in [6.45, 7) is 9.45. The van der Waals surface area contributed by atoms with Crippen molar-refractivity contribution in [3.8, 4) is 0 Å². The molecule has 1 atom stereocenters. The minimum Gasteiger partial charge on any atom is -0.369 e. The predicted octanol–water partition coefficient (Wildman–Crippen LogP) is 4.06. The van der Waals surface area contributed by atoms with Crippen molar-refractivity contribution in [1.82, 2.24) is 15.1 Å². The second kappa shape index (κ2) is 10.8. The summed E-state index contributed by atoms with van der Waals surface area (Å²) < 4.78 is 0. The fourth-order valence-corrected chi connectivity index (χ4v) is 5.99. The molecule has 0 bridgehead atoms. The summed E-state index contributed by atoms with van der Waals surface area (Å²) >= 11 is 0. The lowest BCUT2D eigenvalue weighted by atomic mass is 9.71. The third kappa shape index (κ3) is 5.53. The summed E-state index contributed by atoms with van der Waals surface area (Å²) in [5, 5.41) is 6.45. The Hall–Kier alpha value is -2.90. The monoisotopic (exact) mass is 503 g/mol. The van der Waals surface area contributed by atoms with Crippen LogP contribution in [0.4, 0.5) is 11.4 Å². The first kappa shape index (κ1) is 25.7. The van der Waals surface area contributed by atoms with Gasteiger partial charge < -0.3 is 20.4 Å². The van der Waals surface area contributed by atoms with E-state index >= 15 is 0 Å². The molecular formula is C30H41N5O2. The molecule has 5 rings (SSSR count). The van der Waals surface area contributed by atoms with Gasteiger partial charge in [-0.3, -0.25) is 14.5 Å². The topological polar surface area (TPSA) is 67.9 Å². The number of carbonyl (C=O) groups excluding carboxylic acids is 2. The molecule has 37 heavy (non-hydrogen) atoms. The smallest absolute Gasteiger partial charge is 0.255 e. The number of hydrogen-bond donors (Lipinski definition) is 2. The van der Waals surface area contributed by atoms with E-state index < -0.39 is 0 Å². The Balaban J connectivity index is 1.20. The van der Waals surface area contributed by atoms with Crippen LogP contribution in [0.25, 0.3) is 0 Å². The van der Waals surface area contributed by atoms with Crippen LogP contribution in [0.5, 0.6) is 0 Å². The maximum Gasteiger partial charge on any atom is 0.255 e. The summed E-state index contributed by atoms with van der Waals surface area (Å²) in [6.07, 6.45) is 5.04. The van der Waals surface area contributed by atoms with Crippen LogP contribution < -0.4 is 15.5 Å². The van der Waals surface area contributed by atoms with Gasteiger partial charge in [0.2, 0.25) is 5.91 Å². The minimum absolute atomic E-state index is 0.0290. The summed E-state index contributed by atoms with van der Waals surface area (Å²) in [7, 11) is 2.15. The molecule has 2 aromatic rings. The second-order valence-corrected chi connectivity index (χ2v) is 11.3. The van der Waals surface area contributed by atoms with Crippen molar-refractivity contribution in [2.24, 2.45) is 0 Å². The van der Waals surface area contributed by atoms with Gasteiger partial charge in [-0.05, 0) is 102 Å². The van der Waals surface area contributed by atoms with E-state index in [1.165, 1.54) is 0 Å². The first-order valence-electron chi connectivity index (χ1n) is 13.9. The van der Waals surface area contributed by atoms with Gasteiger partial charge >= 0.3 is 0 Å². The zero-order valence-electron chi connectivity index (χ0n) is 22.5. The van der Waals surface area contributed by atoms with Gasteiger partial charge in [-0.25, -0.2) is 0 Å². The van der Waals surface area contributed by atoms with Crippen LogP contribution in [0.1, 0.15) is 61.9 Å². The van der Waals surface area contributed by atoms with Gasteiger partial charge in [0.15, 0.2) is 0 Å². The first-order valence-corrected chi connectivity index (χ1v) is 13.9. The van der Waals surface area contributed by atoms with E-state index in [-0.39, 0.29) is 23.4 Å². The van der Waals surface area contributed by atoms with Crippen molar-refractivity contribution in [3.05, 3.63) is 59.7 Å². The highest BCUT2D eigenvalue weighted by Crippen LogP contribution is 2.42.